The van der Waals surface area contributed by atoms with Crippen LogP contribution >= 0.6 is 11.3 Å². The molecule has 0 saturated heterocycles. The SMILES string of the molecule is CC(NCCCOCC1CC1)c1cccs1. The molecule has 1 atom stereocenters. The lowest BCUT2D eigenvalue weighted by Crippen LogP contribution is -2.20. The molecule has 0 spiro atoms. The van der Waals surface area contributed by atoms with Crippen molar-refractivity contribution in [3.05, 3.63) is 22.4 Å². The molecule has 0 aromatic carbocycles. The predicted molar refractivity (Wildman–Crippen MR) is 68.9 cm³/mol. The van der Waals surface area contributed by atoms with E-state index in [-0.39, 0.29) is 0 Å². The largest absolute Gasteiger partial charge is 0.381 e. The summed E-state index contributed by atoms with van der Waals surface area (Å²) in [5.74, 6) is 0.887. The van der Waals surface area contributed by atoms with Crippen LogP contribution in [-0.2, 0) is 4.74 Å². The number of nitrogens with one attached hydrogen (secondary N) is 1. The molecule has 0 amide bonds. The van der Waals surface area contributed by atoms with E-state index < -0.39 is 0 Å². The first-order valence-corrected chi connectivity index (χ1v) is 7.09. The van der Waals surface area contributed by atoms with Crippen molar-refractivity contribution in [2.24, 2.45) is 5.92 Å². The molecular formula is C13H21NOS. The molecule has 1 heterocycles. The third-order valence-corrected chi connectivity index (χ3v) is 3.99. The zero-order chi connectivity index (χ0) is 11.2. The molecule has 1 aliphatic carbocycles. The van der Waals surface area contributed by atoms with Crippen molar-refractivity contribution in [1.82, 2.24) is 5.32 Å². The highest BCUT2D eigenvalue weighted by molar-refractivity contribution is 7.10. The molecule has 0 aliphatic heterocycles. The van der Waals surface area contributed by atoms with Gasteiger partial charge in [-0.3, -0.25) is 0 Å². The molecule has 1 aromatic heterocycles. The maximum atomic E-state index is 5.59. The van der Waals surface area contributed by atoms with Gasteiger partial charge >= 0.3 is 0 Å². The Morgan fingerprint density at radius 2 is 2.44 bits per heavy atom. The van der Waals surface area contributed by atoms with E-state index in [4.69, 9.17) is 4.74 Å². The van der Waals surface area contributed by atoms with Crippen LogP contribution < -0.4 is 5.32 Å². The van der Waals surface area contributed by atoms with Gasteiger partial charge in [0.25, 0.3) is 0 Å². The summed E-state index contributed by atoms with van der Waals surface area (Å²) in [5, 5.41) is 5.65. The van der Waals surface area contributed by atoms with Gasteiger partial charge in [-0.15, -0.1) is 11.3 Å². The number of hydrogen-bond acceptors (Lipinski definition) is 3. The van der Waals surface area contributed by atoms with Crippen LogP contribution in [0.2, 0.25) is 0 Å². The summed E-state index contributed by atoms with van der Waals surface area (Å²) in [7, 11) is 0. The zero-order valence-electron chi connectivity index (χ0n) is 9.95. The van der Waals surface area contributed by atoms with E-state index in [1.807, 2.05) is 11.3 Å². The minimum absolute atomic E-state index is 0.475. The van der Waals surface area contributed by atoms with Gasteiger partial charge in [0.05, 0.1) is 0 Å². The molecule has 1 saturated carbocycles. The fraction of sp³-hybridized carbons (Fsp3) is 0.692. The van der Waals surface area contributed by atoms with Crippen molar-refractivity contribution in [2.45, 2.75) is 32.2 Å². The molecule has 1 unspecified atom stereocenters. The van der Waals surface area contributed by atoms with Crippen LogP contribution in [0.5, 0.6) is 0 Å². The summed E-state index contributed by atoms with van der Waals surface area (Å²) in [5.41, 5.74) is 0. The highest BCUT2D eigenvalue weighted by Crippen LogP contribution is 2.28. The lowest BCUT2D eigenvalue weighted by atomic mass is 10.2. The van der Waals surface area contributed by atoms with Crippen LogP contribution in [-0.4, -0.2) is 19.8 Å². The Kier molecular flexibility index (Phi) is 4.82. The van der Waals surface area contributed by atoms with Crippen LogP contribution in [0.3, 0.4) is 0 Å². The monoisotopic (exact) mass is 239 g/mol. The molecule has 3 heteroatoms. The average Bonchev–Trinajstić information content (AvgIpc) is 2.95. The lowest BCUT2D eigenvalue weighted by Gasteiger charge is -2.11. The zero-order valence-corrected chi connectivity index (χ0v) is 10.8. The maximum absolute atomic E-state index is 5.59. The molecule has 2 rings (SSSR count). The quantitative estimate of drug-likeness (QED) is 0.703. The van der Waals surface area contributed by atoms with Crippen molar-refractivity contribution in [1.29, 1.82) is 0 Å². The summed E-state index contributed by atoms with van der Waals surface area (Å²) in [6, 6.07) is 4.77. The van der Waals surface area contributed by atoms with Gasteiger partial charge < -0.3 is 10.1 Å². The molecule has 1 aliphatic rings. The first-order chi connectivity index (χ1) is 7.86. The Morgan fingerprint density at radius 3 is 3.12 bits per heavy atom. The van der Waals surface area contributed by atoms with Gasteiger partial charge in [0.1, 0.15) is 0 Å². The summed E-state index contributed by atoms with van der Waals surface area (Å²) in [6.45, 7) is 5.15. The van der Waals surface area contributed by atoms with Crippen LogP contribution in [0, 0.1) is 5.92 Å². The molecule has 1 N–H and O–H groups in total. The average molecular weight is 239 g/mol. The van der Waals surface area contributed by atoms with E-state index in [0.717, 1.165) is 32.1 Å². The van der Waals surface area contributed by atoms with Gasteiger partial charge in [0.2, 0.25) is 0 Å². The molecular weight excluding hydrogens is 218 g/mol. The van der Waals surface area contributed by atoms with E-state index in [2.05, 4.69) is 29.8 Å². The van der Waals surface area contributed by atoms with Gasteiger partial charge in [-0.1, -0.05) is 6.07 Å². The van der Waals surface area contributed by atoms with Crippen molar-refractivity contribution in [3.63, 3.8) is 0 Å². The van der Waals surface area contributed by atoms with Gasteiger partial charge in [-0.2, -0.15) is 0 Å². The normalized spacial score (nSPS) is 17.6. The minimum Gasteiger partial charge on any atom is -0.381 e. The number of thiophene rings is 1. The summed E-state index contributed by atoms with van der Waals surface area (Å²) < 4.78 is 5.59. The molecule has 0 bridgehead atoms. The van der Waals surface area contributed by atoms with Crippen LogP contribution in [0.25, 0.3) is 0 Å². The van der Waals surface area contributed by atoms with E-state index in [1.54, 1.807) is 0 Å². The molecule has 1 fully saturated rings. The van der Waals surface area contributed by atoms with E-state index in [0.29, 0.717) is 6.04 Å². The molecule has 1 aromatic rings. The van der Waals surface area contributed by atoms with Gasteiger partial charge in [0.15, 0.2) is 0 Å². The predicted octanol–water partition coefficient (Wildman–Crippen LogP) is 3.22. The minimum atomic E-state index is 0.475. The summed E-state index contributed by atoms with van der Waals surface area (Å²) in [4.78, 5) is 1.42. The van der Waals surface area contributed by atoms with Gasteiger partial charge in [-0.25, -0.2) is 0 Å². The fourth-order valence-electron chi connectivity index (χ4n) is 1.67. The van der Waals surface area contributed by atoms with Gasteiger partial charge in [-0.05, 0) is 50.1 Å². The van der Waals surface area contributed by atoms with Crippen LogP contribution in [0.15, 0.2) is 17.5 Å². The maximum Gasteiger partial charge on any atom is 0.0494 e. The van der Waals surface area contributed by atoms with Gasteiger partial charge in [0, 0.05) is 24.1 Å². The summed E-state index contributed by atoms with van der Waals surface area (Å²) in [6.07, 6.45) is 3.88. The van der Waals surface area contributed by atoms with E-state index in [1.165, 1.54) is 17.7 Å². The number of hydrogen-bond donors (Lipinski definition) is 1. The number of rotatable bonds is 8. The van der Waals surface area contributed by atoms with E-state index >= 15 is 0 Å². The highest BCUT2D eigenvalue weighted by Gasteiger charge is 2.20. The fourth-order valence-corrected chi connectivity index (χ4v) is 2.42. The second kappa shape index (κ2) is 6.38. The van der Waals surface area contributed by atoms with Crippen LogP contribution in [0.1, 0.15) is 37.1 Å². The van der Waals surface area contributed by atoms with Crippen LogP contribution in [0.4, 0.5) is 0 Å². The Hall–Kier alpha value is -0.380. The Morgan fingerprint density at radius 1 is 1.56 bits per heavy atom. The highest BCUT2D eigenvalue weighted by atomic mass is 32.1. The number of ether oxygens (including phenoxy) is 1. The van der Waals surface area contributed by atoms with Crippen molar-refractivity contribution in [3.8, 4) is 0 Å². The molecule has 2 nitrogen and oxygen atoms in total. The smallest absolute Gasteiger partial charge is 0.0494 e. The van der Waals surface area contributed by atoms with E-state index in [9.17, 15) is 0 Å². The Balaban J connectivity index is 1.47. The molecule has 90 valence electrons. The standard InChI is InChI=1S/C13H21NOS/c1-11(13-4-2-9-16-13)14-7-3-8-15-10-12-5-6-12/h2,4,9,11-12,14H,3,5-8,10H2,1H3. The lowest BCUT2D eigenvalue weighted by molar-refractivity contribution is 0.121. The van der Waals surface area contributed by atoms with Crippen molar-refractivity contribution < 1.29 is 4.74 Å². The third-order valence-electron chi connectivity index (χ3n) is 2.94. The summed E-state index contributed by atoms with van der Waals surface area (Å²) >= 11 is 1.82. The third kappa shape index (κ3) is 4.24. The van der Waals surface area contributed by atoms with Crippen molar-refractivity contribution in [2.75, 3.05) is 19.8 Å². The second-order valence-electron chi connectivity index (χ2n) is 4.56. The van der Waals surface area contributed by atoms with Crippen molar-refractivity contribution >= 4 is 11.3 Å². The Bertz CT molecular complexity index is 282. The second-order valence-corrected chi connectivity index (χ2v) is 5.54. The Labute approximate surface area is 102 Å². The molecule has 16 heavy (non-hydrogen) atoms. The first-order valence-electron chi connectivity index (χ1n) is 6.21. The molecule has 0 radical (unpaired) electrons. The topological polar surface area (TPSA) is 21.3 Å². The first kappa shape index (κ1) is 12.1.